The van der Waals surface area contributed by atoms with Gasteiger partial charge < -0.3 is 10.1 Å². The van der Waals surface area contributed by atoms with E-state index in [1.54, 1.807) is 18.4 Å². The molecule has 0 saturated carbocycles. The number of ether oxygens (including phenoxy) is 1. The maximum atomic E-state index is 5.28. The Balaban J connectivity index is 1.48. The van der Waals surface area contributed by atoms with Gasteiger partial charge >= 0.3 is 0 Å². The number of hydrogen-bond acceptors (Lipinski definition) is 4. The zero-order chi connectivity index (χ0) is 22.6. The third-order valence-electron chi connectivity index (χ3n) is 5.40. The Morgan fingerprint density at radius 1 is 0.909 bits per heavy atom. The van der Waals surface area contributed by atoms with Gasteiger partial charge in [-0.2, -0.15) is 0 Å². The molecule has 0 aliphatic heterocycles. The topological polar surface area (TPSA) is 38.6 Å². The van der Waals surface area contributed by atoms with Crippen LogP contribution in [0, 0.1) is 18.8 Å². The second-order valence-corrected chi connectivity index (χ2v) is 8.74. The molecular weight excluding hydrogens is 426 g/mol. The zero-order valence-electron chi connectivity index (χ0n) is 18.5. The van der Waals surface area contributed by atoms with Crippen LogP contribution >= 0.6 is 11.3 Å². The molecule has 4 nitrogen and oxygen atoms in total. The Morgan fingerprint density at radius 3 is 2.52 bits per heavy atom. The van der Waals surface area contributed by atoms with Gasteiger partial charge in [-0.05, 0) is 61.0 Å². The molecule has 33 heavy (non-hydrogen) atoms. The predicted octanol–water partition coefficient (Wildman–Crippen LogP) is 6.39. The highest BCUT2D eigenvalue weighted by molar-refractivity contribution is 7.16. The number of aryl methyl sites for hydroxylation is 1. The van der Waals surface area contributed by atoms with Crippen molar-refractivity contribution in [2.45, 2.75) is 13.5 Å². The number of hydrogen-bond donors (Lipinski definition) is 1. The van der Waals surface area contributed by atoms with Crippen molar-refractivity contribution >= 4 is 22.8 Å². The van der Waals surface area contributed by atoms with Gasteiger partial charge in [0.1, 0.15) is 22.9 Å². The summed E-state index contributed by atoms with van der Waals surface area (Å²) in [5.74, 6) is 8.37. The fourth-order valence-electron chi connectivity index (χ4n) is 3.71. The lowest BCUT2D eigenvalue weighted by atomic mass is 10.2. The summed E-state index contributed by atoms with van der Waals surface area (Å²) in [5.41, 5.74) is 5.18. The summed E-state index contributed by atoms with van der Waals surface area (Å²) in [4.78, 5) is 7.07. The van der Waals surface area contributed by atoms with E-state index in [4.69, 9.17) is 9.72 Å². The average Bonchev–Trinajstić information content (AvgIpc) is 3.47. The molecule has 0 aliphatic carbocycles. The number of rotatable bonds is 5. The van der Waals surface area contributed by atoms with Gasteiger partial charge in [0.2, 0.25) is 0 Å². The molecule has 1 N–H and O–H groups in total. The first-order valence-corrected chi connectivity index (χ1v) is 11.5. The molecule has 0 fully saturated rings. The predicted molar refractivity (Wildman–Crippen MR) is 136 cm³/mol. The number of imidazole rings is 1. The fraction of sp³-hybridized carbons (Fsp3) is 0.107. The second kappa shape index (κ2) is 9.23. The Kier molecular flexibility index (Phi) is 5.84. The number of nitrogens with one attached hydrogen (secondary N) is 1. The van der Waals surface area contributed by atoms with Gasteiger partial charge in [-0.1, -0.05) is 48.2 Å². The SMILES string of the molecule is COc1ccc(CNc2c(-c3ccc(C#Cc4ccccc4)s3)nc3cccc(C)n23)cc1. The molecule has 0 radical (unpaired) electrons. The van der Waals surface area contributed by atoms with Crippen molar-refractivity contribution in [2.75, 3.05) is 12.4 Å². The molecule has 0 bridgehead atoms. The molecule has 0 saturated heterocycles. The smallest absolute Gasteiger partial charge is 0.140 e. The maximum absolute atomic E-state index is 5.28. The van der Waals surface area contributed by atoms with Crippen LogP contribution in [0.2, 0.25) is 0 Å². The van der Waals surface area contributed by atoms with E-state index in [2.05, 4.69) is 58.8 Å². The number of benzene rings is 2. The summed E-state index contributed by atoms with van der Waals surface area (Å²) >= 11 is 1.66. The van der Waals surface area contributed by atoms with Gasteiger partial charge in [-0.15, -0.1) is 11.3 Å². The first kappa shape index (κ1) is 20.9. The van der Waals surface area contributed by atoms with Gasteiger partial charge in [-0.3, -0.25) is 4.40 Å². The number of thiophene rings is 1. The largest absolute Gasteiger partial charge is 0.497 e. The lowest BCUT2D eigenvalue weighted by molar-refractivity contribution is 0.414. The van der Waals surface area contributed by atoms with Crippen LogP contribution in [-0.4, -0.2) is 16.5 Å². The molecule has 0 amide bonds. The Labute approximate surface area is 197 Å². The lowest BCUT2D eigenvalue weighted by Crippen LogP contribution is -2.04. The number of aromatic nitrogens is 2. The number of pyridine rings is 1. The standard InChI is InChI=1S/C28H23N3OS/c1-20-7-6-10-26-30-27(25-18-17-24(33-25)16-13-21-8-4-3-5-9-21)28(31(20)26)29-19-22-11-14-23(32-2)15-12-22/h3-12,14-15,17-18,29H,19H2,1-2H3. The van der Waals surface area contributed by atoms with Crippen molar-refractivity contribution in [2.24, 2.45) is 0 Å². The van der Waals surface area contributed by atoms with Crippen LogP contribution in [0.5, 0.6) is 5.75 Å². The third kappa shape index (κ3) is 4.48. The van der Waals surface area contributed by atoms with Crippen LogP contribution in [0.1, 0.15) is 21.7 Å². The van der Waals surface area contributed by atoms with E-state index in [0.717, 1.165) is 43.9 Å². The first-order chi connectivity index (χ1) is 16.2. The average molecular weight is 450 g/mol. The van der Waals surface area contributed by atoms with Gasteiger partial charge in [0.05, 0.1) is 16.9 Å². The normalized spacial score (nSPS) is 10.6. The molecule has 0 aliphatic rings. The van der Waals surface area contributed by atoms with E-state index in [9.17, 15) is 0 Å². The Bertz CT molecular complexity index is 1450. The van der Waals surface area contributed by atoms with E-state index in [1.165, 1.54) is 5.56 Å². The molecule has 0 atom stereocenters. The van der Waals surface area contributed by atoms with Gasteiger partial charge in [0, 0.05) is 17.8 Å². The molecule has 5 heteroatoms. The van der Waals surface area contributed by atoms with Gasteiger partial charge in [-0.25, -0.2) is 4.98 Å². The van der Waals surface area contributed by atoms with E-state index >= 15 is 0 Å². The Morgan fingerprint density at radius 2 is 1.73 bits per heavy atom. The van der Waals surface area contributed by atoms with E-state index < -0.39 is 0 Å². The summed E-state index contributed by atoms with van der Waals surface area (Å²) in [6, 6.07) is 28.5. The third-order valence-corrected chi connectivity index (χ3v) is 6.41. The van der Waals surface area contributed by atoms with Crippen LogP contribution in [-0.2, 0) is 6.54 Å². The monoisotopic (exact) mass is 449 g/mol. The zero-order valence-corrected chi connectivity index (χ0v) is 19.3. The summed E-state index contributed by atoms with van der Waals surface area (Å²) in [7, 11) is 1.68. The quantitative estimate of drug-likeness (QED) is 0.316. The first-order valence-electron chi connectivity index (χ1n) is 10.7. The second-order valence-electron chi connectivity index (χ2n) is 7.65. The summed E-state index contributed by atoms with van der Waals surface area (Å²) < 4.78 is 7.45. The number of nitrogens with zero attached hydrogens (tertiary/aromatic N) is 2. The molecule has 0 spiro atoms. The highest BCUT2D eigenvalue weighted by Crippen LogP contribution is 2.34. The summed E-state index contributed by atoms with van der Waals surface area (Å²) in [6.45, 7) is 2.79. The van der Waals surface area contributed by atoms with Gasteiger partial charge in [0.25, 0.3) is 0 Å². The van der Waals surface area contributed by atoms with E-state index in [1.807, 2.05) is 54.6 Å². The molecule has 3 heterocycles. The Hall–Kier alpha value is -4.01. The van der Waals surface area contributed by atoms with E-state index in [0.29, 0.717) is 6.54 Å². The molecule has 5 aromatic rings. The number of fused-ring (bicyclic) bond motifs is 1. The summed E-state index contributed by atoms with van der Waals surface area (Å²) in [6.07, 6.45) is 0. The fourth-order valence-corrected chi connectivity index (χ4v) is 4.56. The van der Waals surface area contributed by atoms with Crippen molar-refractivity contribution in [1.29, 1.82) is 0 Å². The van der Waals surface area contributed by atoms with Gasteiger partial charge in [0.15, 0.2) is 0 Å². The minimum atomic E-state index is 0.686. The maximum Gasteiger partial charge on any atom is 0.140 e. The van der Waals surface area contributed by atoms with E-state index in [-0.39, 0.29) is 0 Å². The minimum absolute atomic E-state index is 0.686. The molecule has 2 aromatic carbocycles. The van der Waals surface area contributed by atoms with Crippen molar-refractivity contribution in [1.82, 2.24) is 9.38 Å². The lowest BCUT2D eigenvalue weighted by Gasteiger charge is -2.10. The van der Waals surface area contributed by atoms with Crippen LogP contribution in [0.25, 0.3) is 16.2 Å². The van der Waals surface area contributed by atoms with Crippen molar-refractivity contribution < 1.29 is 4.74 Å². The van der Waals surface area contributed by atoms with Crippen LogP contribution in [0.4, 0.5) is 5.82 Å². The van der Waals surface area contributed by atoms with Crippen LogP contribution in [0.15, 0.2) is 84.9 Å². The molecule has 3 aromatic heterocycles. The molecule has 162 valence electrons. The number of methoxy groups -OCH3 is 1. The van der Waals surface area contributed by atoms with Crippen LogP contribution in [0.3, 0.4) is 0 Å². The highest BCUT2D eigenvalue weighted by atomic mass is 32.1. The molecular formula is C28H23N3OS. The summed E-state index contributed by atoms with van der Waals surface area (Å²) in [5, 5.41) is 3.63. The van der Waals surface area contributed by atoms with Crippen molar-refractivity contribution in [3.8, 4) is 28.2 Å². The van der Waals surface area contributed by atoms with Crippen molar-refractivity contribution in [3.63, 3.8) is 0 Å². The minimum Gasteiger partial charge on any atom is -0.497 e. The van der Waals surface area contributed by atoms with Crippen LogP contribution < -0.4 is 10.1 Å². The highest BCUT2D eigenvalue weighted by Gasteiger charge is 2.17. The molecule has 0 unspecified atom stereocenters. The van der Waals surface area contributed by atoms with Crippen molar-refractivity contribution in [3.05, 3.63) is 107 Å². The molecule has 5 rings (SSSR count). The number of anilines is 1.